The van der Waals surface area contributed by atoms with Crippen LogP contribution in [0.5, 0.6) is 0 Å². The summed E-state index contributed by atoms with van der Waals surface area (Å²) < 4.78 is 1.41. The van der Waals surface area contributed by atoms with Crippen LogP contribution in [-0.4, -0.2) is 68.9 Å². The highest BCUT2D eigenvalue weighted by Gasteiger charge is 2.42. The van der Waals surface area contributed by atoms with Crippen molar-refractivity contribution < 1.29 is 14.4 Å². The van der Waals surface area contributed by atoms with Gasteiger partial charge in [-0.05, 0) is 32.1 Å². The van der Waals surface area contributed by atoms with E-state index in [1.807, 2.05) is 0 Å². The molecule has 8 heteroatoms. The summed E-state index contributed by atoms with van der Waals surface area (Å²) in [6.07, 6.45) is 20.2. The average molecular weight is 474 g/mol. The Morgan fingerprint density at radius 3 is 2.12 bits per heavy atom. The molecule has 3 rings (SSSR count). The summed E-state index contributed by atoms with van der Waals surface area (Å²) in [6.45, 7) is 4.05. The molecule has 2 atom stereocenters. The molecular weight excluding hydrogens is 430 g/mol. The molecule has 0 saturated carbocycles. The van der Waals surface area contributed by atoms with Crippen molar-refractivity contribution in [3.63, 3.8) is 0 Å². The van der Waals surface area contributed by atoms with E-state index in [0.717, 1.165) is 25.7 Å². The van der Waals surface area contributed by atoms with Gasteiger partial charge in [0.15, 0.2) is 0 Å². The predicted octanol–water partition coefficient (Wildman–Crippen LogP) is 4.34. The molecule has 3 heterocycles. The van der Waals surface area contributed by atoms with Gasteiger partial charge in [0.25, 0.3) is 0 Å². The van der Waals surface area contributed by atoms with Crippen molar-refractivity contribution in [1.29, 1.82) is 0 Å². The van der Waals surface area contributed by atoms with Crippen molar-refractivity contribution in [2.45, 2.75) is 109 Å². The number of amides is 3. The first-order chi connectivity index (χ1) is 16.6. The SMILES string of the molecule is CCCCCCCCCCCCNC(=O)C1CCCN1C(=O)[C@@H]1CCCN1C(=O)n1ccnc1. The zero-order valence-corrected chi connectivity index (χ0v) is 20.9. The molecule has 0 spiro atoms. The van der Waals surface area contributed by atoms with Crippen LogP contribution in [0, 0.1) is 0 Å². The fourth-order valence-electron chi connectivity index (χ4n) is 5.21. The van der Waals surface area contributed by atoms with E-state index < -0.39 is 12.1 Å². The third kappa shape index (κ3) is 7.31. The molecule has 2 saturated heterocycles. The van der Waals surface area contributed by atoms with E-state index in [0.29, 0.717) is 32.5 Å². The molecule has 1 N–H and O–H groups in total. The van der Waals surface area contributed by atoms with Crippen LogP contribution in [0.15, 0.2) is 18.7 Å². The second-order valence-corrected chi connectivity index (χ2v) is 9.77. The predicted molar refractivity (Wildman–Crippen MR) is 132 cm³/mol. The maximum atomic E-state index is 13.3. The number of aromatic nitrogens is 2. The molecule has 1 aromatic heterocycles. The standard InChI is InChI=1S/C26H43N5O3/c1-2-3-4-5-6-7-8-9-10-11-16-28-24(32)22-14-12-18-30(22)25(33)23-15-13-19-31(23)26(34)29-20-17-27-21-29/h17,20-23H,2-16,18-19H2,1H3,(H,28,32)/t22?,23-/m0/s1. The Labute approximate surface area is 204 Å². The van der Waals surface area contributed by atoms with Crippen LogP contribution >= 0.6 is 0 Å². The maximum Gasteiger partial charge on any atom is 0.330 e. The molecular formula is C26H43N5O3. The first-order valence-corrected chi connectivity index (χ1v) is 13.5. The van der Waals surface area contributed by atoms with Crippen LogP contribution in [-0.2, 0) is 9.59 Å². The summed E-state index contributed by atoms with van der Waals surface area (Å²) in [7, 11) is 0. The number of imidazole rings is 1. The molecule has 8 nitrogen and oxygen atoms in total. The molecule has 0 bridgehead atoms. The summed E-state index contributed by atoms with van der Waals surface area (Å²) in [4.78, 5) is 46.2. The number of carbonyl (C=O) groups is 3. The lowest BCUT2D eigenvalue weighted by molar-refractivity contribution is -0.141. The Kier molecular flexibility index (Phi) is 10.9. The number of carbonyl (C=O) groups excluding carboxylic acids is 3. The fraction of sp³-hybridized carbons (Fsp3) is 0.769. The zero-order chi connectivity index (χ0) is 24.2. The van der Waals surface area contributed by atoms with Gasteiger partial charge in [-0.3, -0.25) is 14.2 Å². The number of rotatable bonds is 13. The van der Waals surface area contributed by atoms with Crippen LogP contribution in [0.3, 0.4) is 0 Å². The minimum absolute atomic E-state index is 0.0488. The van der Waals surface area contributed by atoms with Gasteiger partial charge >= 0.3 is 6.03 Å². The first kappa shape index (κ1) is 26.2. The van der Waals surface area contributed by atoms with Crippen molar-refractivity contribution in [2.24, 2.45) is 0 Å². The van der Waals surface area contributed by atoms with Gasteiger partial charge in [0, 0.05) is 32.0 Å². The molecule has 0 aromatic carbocycles. The van der Waals surface area contributed by atoms with Gasteiger partial charge in [0.1, 0.15) is 18.4 Å². The van der Waals surface area contributed by atoms with Gasteiger partial charge in [0.05, 0.1) is 0 Å². The first-order valence-electron chi connectivity index (χ1n) is 13.5. The van der Waals surface area contributed by atoms with Crippen molar-refractivity contribution in [3.05, 3.63) is 18.7 Å². The number of unbranched alkanes of at least 4 members (excludes halogenated alkanes) is 9. The molecule has 0 radical (unpaired) electrons. The summed E-state index contributed by atoms with van der Waals surface area (Å²) >= 11 is 0. The highest BCUT2D eigenvalue weighted by Crippen LogP contribution is 2.25. The molecule has 34 heavy (non-hydrogen) atoms. The highest BCUT2D eigenvalue weighted by molar-refractivity contribution is 5.93. The summed E-state index contributed by atoms with van der Waals surface area (Å²) in [5, 5.41) is 3.06. The lowest BCUT2D eigenvalue weighted by Gasteiger charge is -2.30. The van der Waals surface area contributed by atoms with Gasteiger partial charge in [0.2, 0.25) is 11.8 Å². The normalized spacial score (nSPS) is 20.1. The number of nitrogens with one attached hydrogen (secondary N) is 1. The van der Waals surface area contributed by atoms with Gasteiger partial charge in [-0.25, -0.2) is 9.78 Å². The summed E-state index contributed by atoms with van der Waals surface area (Å²) in [5.74, 6) is -0.144. The van der Waals surface area contributed by atoms with E-state index in [-0.39, 0.29) is 17.8 Å². The van der Waals surface area contributed by atoms with E-state index in [1.165, 1.54) is 62.3 Å². The minimum Gasteiger partial charge on any atom is -0.354 e. The van der Waals surface area contributed by atoms with Crippen molar-refractivity contribution in [3.8, 4) is 0 Å². The second kappa shape index (κ2) is 14.1. The number of nitrogens with zero attached hydrogens (tertiary/aromatic N) is 4. The summed E-state index contributed by atoms with van der Waals surface area (Å²) in [5.41, 5.74) is 0. The van der Waals surface area contributed by atoms with E-state index in [9.17, 15) is 14.4 Å². The maximum absolute atomic E-state index is 13.3. The van der Waals surface area contributed by atoms with Crippen LogP contribution in [0.2, 0.25) is 0 Å². The van der Waals surface area contributed by atoms with Crippen molar-refractivity contribution >= 4 is 17.8 Å². The van der Waals surface area contributed by atoms with E-state index >= 15 is 0 Å². The number of hydrogen-bond donors (Lipinski definition) is 1. The van der Waals surface area contributed by atoms with Crippen LogP contribution < -0.4 is 5.32 Å². The lowest BCUT2D eigenvalue weighted by atomic mass is 10.1. The van der Waals surface area contributed by atoms with Crippen LogP contribution in [0.1, 0.15) is 96.8 Å². The summed E-state index contributed by atoms with van der Waals surface area (Å²) in [6, 6.07) is -1.14. The molecule has 3 amide bonds. The monoisotopic (exact) mass is 473 g/mol. The molecule has 1 aromatic rings. The molecule has 0 aliphatic carbocycles. The van der Waals surface area contributed by atoms with Gasteiger partial charge in [-0.2, -0.15) is 0 Å². The third-order valence-corrected chi connectivity index (χ3v) is 7.18. The van der Waals surface area contributed by atoms with Gasteiger partial charge < -0.3 is 15.1 Å². The zero-order valence-electron chi connectivity index (χ0n) is 20.9. The quantitative estimate of drug-likeness (QED) is 0.432. The lowest BCUT2D eigenvalue weighted by Crippen LogP contribution is -2.53. The number of likely N-dealkylation sites (tertiary alicyclic amines) is 2. The van der Waals surface area contributed by atoms with Crippen molar-refractivity contribution in [1.82, 2.24) is 24.7 Å². The highest BCUT2D eigenvalue weighted by atomic mass is 16.2. The smallest absolute Gasteiger partial charge is 0.330 e. The molecule has 2 fully saturated rings. The largest absolute Gasteiger partial charge is 0.354 e. The second-order valence-electron chi connectivity index (χ2n) is 9.77. The molecule has 2 aliphatic rings. The van der Waals surface area contributed by atoms with Gasteiger partial charge in [-0.1, -0.05) is 64.7 Å². The Balaban J connectivity index is 1.36. The topological polar surface area (TPSA) is 87.5 Å². The molecule has 190 valence electrons. The Hall–Kier alpha value is -2.38. The van der Waals surface area contributed by atoms with Crippen molar-refractivity contribution in [2.75, 3.05) is 19.6 Å². The average Bonchev–Trinajstić information content (AvgIpc) is 3.63. The van der Waals surface area contributed by atoms with E-state index in [4.69, 9.17) is 0 Å². The molecule has 1 unspecified atom stereocenters. The Morgan fingerprint density at radius 1 is 0.853 bits per heavy atom. The molecule has 2 aliphatic heterocycles. The van der Waals surface area contributed by atoms with Gasteiger partial charge in [-0.15, -0.1) is 0 Å². The minimum atomic E-state index is -0.495. The third-order valence-electron chi connectivity index (χ3n) is 7.18. The van der Waals surface area contributed by atoms with Crippen LogP contribution in [0.25, 0.3) is 0 Å². The Morgan fingerprint density at radius 2 is 1.47 bits per heavy atom. The Bertz CT molecular complexity index is 766. The number of hydrogen-bond acceptors (Lipinski definition) is 4. The van der Waals surface area contributed by atoms with E-state index in [1.54, 1.807) is 22.2 Å². The van der Waals surface area contributed by atoms with E-state index in [2.05, 4.69) is 17.2 Å². The van der Waals surface area contributed by atoms with Crippen LogP contribution in [0.4, 0.5) is 4.79 Å². The fourth-order valence-corrected chi connectivity index (χ4v) is 5.21.